The third-order valence-corrected chi connectivity index (χ3v) is 14.3. The third kappa shape index (κ3) is 30.3. The molecule has 2 unspecified atom stereocenters. The Kier molecular flexibility index (Phi) is 35.2. The lowest BCUT2D eigenvalue weighted by Gasteiger charge is -2.31. The molecule has 0 saturated heterocycles. The van der Waals surface area contributed by atoms with E-state index < -0.39 is 149 Å². The first-order valence-electron chi connectivity index (χ1n) is 30.7. The van der Waals surface area contributed by atoms with Crippen molar-refractivity contribution in [3.8, 4) is 0 Å². The minimum Gasteiger partial charge on any atom is -0.481 e. The summed E-state index contributed by atoms with van der Waals surface area (Å²) in [6.45, 7) is 19.4. The van der Waals surface area contributed by atoms with Crippen LogP contribution in [0.25, 0.3) is 0 Å². The highest BCUT2D eigenvalue weighted by Gasteiger charge is 2.62. The molecule has 0 aromatic heterocycles. The fourth-order valence-electron chi connectivity index (χ4n) is 9.43. The number of ether oxygens (including phenoxy) is 1. The monoisotopic (exact) mass is 1280 g/mol. The normalized spacial score (nSPS) is 16.6. The van der Waals surface area contributed by atoms with Crippen LogP contribution in [0.1, 0.15) is 160 Å². The predicted molar refractivity (Wildman–Crippen MR) is 330 cm³/mol. The molecular weight excluding hydrogens is 1180 g/mol. The number of nitrogens with zero attached hydrogens (tertiary/aromatic N) is 1. The second kappa shape index (κ2) is 39.7. The van der Waals surface area contributed by atoms with Crippen molar-refractivity contribution in [3.63, 3.8) is 0 Å². The first kappa shape index (κ1) is 79.8. The molecule has 0 bridgehead atoms. The summed E-state index contributed by atoms with van der Waals surface area (Å²) in [5.41, 5.74) is 12.6. The average molecular weight is 1280 g/mol. The Bertz CT molecular complexity index is 2520. The van der Waals surface area contributed by atoms with Crippen molar-refractivity contribution in [2.24, 2.45) is 45.9 Å². The zero-order valence-corrected chi connectivity index (χ0v) is 54.3. The number of hydrogen-bond acceptors (Lipinski definition) is 16. The molecule has 510 valence electrons. The van der Waals surface area contributed by atoms with Gasteiger partial charge in [-0.1, -0.05) is 55.4 Å². The van der Waals surface area contributed by atoms with Crippen LogP contribution in [0.3, 0.4) is 0 Å². The minimum absolute atomic E-state index is 0.000583. The average Bonchev–Trinajstić information content (AvgIpc) is 1.63. The molecule has 1 saturated carbocycles. The van der Waals surface area contributed by atoms with Gasteiger partial charge in [0.1, 0.15) is 59.2 Å². The Balaban J connectivity index is 3.26. The number of nitrogens with two attached hydrogens (primary N) is 3. The van der Waals surface area contributed by atoms with Crippen molar-refractivity contribution in [2.45, 2.75) is 214 Å². The van der Waals surface area contributed by atoms with Crippen LogP contribution in [-0.4, -0.2) is 187 Å². The van der Waals surface area contributed by atoms with Gasteiger partial charge in [-0.3, -0.25) is 67.3 Å². The smallest absolute Gasteiger partial charge is 0.312 e. The van der Waals surface area contributed by atoms with Crippen molar-refractivity contribution in [3.05, 3.63) is 0 Å². The maximum Gasteiger partial charge on any atom is 0.312 e. The summed E-state index contributed by atoms with van der Waals surface area (Å²) >= 11 is 0. The summed E-state index contributed by atoms with van der Waals surface area (Å²) < 4.78 is 5.49. The van der Waals surface area contributed by atoms with Crippen LogP contribution in [0, 0.1) is 23.7 Å². The number of carboxylic acids is 1. The van der Waals surface area contributed by atoms with Gasteiger partial charge in [0.2, 0.25) is 65.0 Å². The van der Waals surface area contributed by atoms with Gasteiger partial charge in [-0.25, -0.2) is 4.79 Å². The zero-order valence-electron chi connectivity index (χ0n) is 54.3. The van der Waals surface area contributed by atoms with Gasteiger partial charge in [0, 0.05) is 39.4 Å². The number of rotatable bonds is 44. The Morgan fingerprint density at radius 3 is 1.73 bits per heavy atom. The lowest BCUT2D eigenvalue weighted by Crippen LogP contribution is -2.63. The summed E-state index contributed by atoms with van der Waals surface area (Å²) in [7, 11) is 0. The van der Waals surface area contributed by atoms with E-state index in [-0.39, 0.29) is 120 Å². The van der Waals surface area contributed by atoms with Gasteiger partial charge in [0.05, 0.1) is 26.2 Å². The van der Waals surface area contributed by atoms with Gasteiger partial charge in [-0.15, -0.1) is 0 Å². The predicted octanol–water partition coefficient (Wildman–Crippen LogP) is -2.67. The summed E-state index contributed by atoms with van der Waals surface area (Å²) in [6, 6.07) is -10.1. The summed E-state index contributed by atoms with van der Waals surface area (Å²) in [5.74, 6) is -11.3. The first-order chi connectivity index (χ1) is 42.0. The number of carboxylic acid groups (broad SMARTS) is 1. The number of ketones is 1. The van der Waals surface area contributed by atoms with Gasteiger partial charge in [-0.05, 0) is 102 Å². The number of hydrogen-bond donors (Lipinski definition) is 16. The fourth-order valence-corrected chi connectivity index (χ4v) is 9.43. The molecule has 32 nitrogen and oxygen atoms in total. The number of carbonyl (C=O) groups excluding carboxylic acids is 13. The standard InChI is InChI=1S/C58H102N16O16/c1-13-17-36(76)20-24-90-25-23-62-48(82)41(26-31(3)4)72-53(87)57(11,12)73-52(86)40(19-16-22-64-56(61)89)71-54(88)58(29-37(58)33(7)8)74-51(85)38(14-2)69-46(80)34(9)66-49(83)42(27-32(5)6)70-50(84)43(28-45(78)79)68-44(77)30-65-47(81)39(67-35(10)75)18-15-21-63-55(59)60/h31-34,37-43H,13-30H2,1-12H3,(H,62,82)(H,65,81)(H,66,83)(H,67,75)(H,68,77)(H,69,80)(H,70,84)(H,71,88)(H,72,87)(H,73,86)(H,74,85)(H,78,79)(H4,59,60,63)(H3,61,64,89)/t34-,37?,38-,39-,40-,41-,42-,43-,58?/m0/s1. The van der Waals surface area contributed by atoms with E-state index in [0.29, 0.717) is 6.42 Å². The van der Waals surface area contributed by atoms with E-state index in [1.807, 2.05) is 34.6 Å². The maximum atomic E-state index is 14.5. The number of nitrogens with one attached hydrogen (secondary N) is 12. The molecule has 0 heterocycles. The SMILES string of the molecule is CCCC(=O)CCOCCNC(=O)[C@H](CC(C)C)NC(=O)C(C)(C)NC(=O)[C@H](CCCNC(N)=O)NC(=O)C1(NC(=O)[C@H](CC)NC(=O)[C@H](C)NC(=O)[C@H](CC(C)C)NC(=O)[C@H](CC(=O)O)NC(=O)CNC(=O)[C@H](CCCN=C(N)N)NC(C)=O)CC1C(C)C. The highest BCUT2D eigenvalue weighted by Crippen LogP contribution is 2.49. The maximum absolute atomic E-state index is 14.5. The minimum atomic E-state index is -1.76. The topological polar surface area (TPSA) is 503 Å². The van der Waals surface area contributed by atoms with Crippen molar-refractivity contribution >= 4 is 88.7 Å². The summed E-state index contributed by atoms with van der Waals surface area (Å²) in [4.78, 5) is 188. The number of primary amides is 1. The van der Waals surface area contributed by atoms with Crippen LogP contribution in [0.15, 0.2) is 4.99 Å². The van der Waals surface area contributed by atoms with E-state index in [2.05, 4.69) is 68.8 Å². The number of carbonyl (C=O) groups is 14. The zero-order chi connectivity index (χ0) is 68.6. The highest BCUT2D eigenvalue weighted by atomic mass is 16.5. The molecule has 9 atom stereocenters. The number of guanidine groups is 1. The molecule has 0 aromatic carbocycles. The Labute approximate surface area is 526 Å². The molecule has 0 aliphatic heterocycles. The Hall–Kier alpha value is -8.19. The van der Waals surface area contributed by atoms with E-state index in [9.17, 15) is 72.2 Å². The third-order valence-electron chi connectivity index (χ3n) is 14.3. The van der Waals surface area contributed by atoms with Gasteiger partial charge in [0.25, 0.3) is 0 Å². The quantitative estimate of drug-likeness (QED) is 0.0168. The molecule has 1 aliphatic carbocycles. The molecule has 1 fully saturated rings. The summed E-state index contributed by atoms with van der Waals surface area (Å²) in [6.07, 6.45) is 1.17. The molecule has 19 N–H and O–H groups in total. The van der Waals surface area contributed by atoms with Gasteiger partial charge < -0.3 is 90.8 Å². The second-order valence-corrected chi connectivity index (χ2v) is 24.2. The van der Waals surface area contributed by atoms with Crippen molar-refractivity contribution in [1.29, 1.82) is 0 Å². The molecule has 1 aliphatic rings. The largest absolute Gasteiger partial charge is 0.481 e. The van der Waals surface area contributed by atoms with E-state index >= 15 is 0 Å². The van der Waals surface area contributed by atoms with Crippen LogP contribution >= 0.6 is 0 Å². The number of aliphatic carboxylic acids is 1. The number of urea groups is 1. The van der Waals surface area contributed by atoms with Crippen molar-refractivity contribution < 1.29 is 77.0 Å². The number of aliphatic imine (C=N–C) groups is 1. The fraction of sp³-hybridized carbons (Fsp3) is 0.741. The molecule has 0 spiro atoms. The van der Waals surface area contributed by atoms with E-state index in [4.69, 9.17) is 21.9 Å². The van der Waals surface area contributed by atoms with E-state index in [1.165, 1.54) is 27.7 Å². The molecule has 90 heavy (non-hydrogen) atoms. The Morgan fingerprint density at radius 1 is 0.611 bits per heavy atom. The molecule has 32 heteroatoms. The van der Waals surface area contributed by atoms with E-state index in [0.717, 1.165) is 6.42 Å². The van der Waals surface area contributed by atoms with Gasteiger partial charge >= 0.3 is 12.0 Å². The first-order valence-corrected chi connectivity index (χ1v) is 30.7. The molecular formula is C58H102N16O16. The second-order valence-electron chi connectivity index (χ2n) is 24.2. The lowest BCUT2D eigenvalue weighted by atomic mass is 9.98. The van der Waals surface area contributed by atoms with Crippen LogP contribution in [0.5, 0.6) is 0 Å². The van der Waals surface area contributed by atoms with Crippen LogP contribution in [-0.2, 0) is 67.1 Å². The molecule has 1 rings (SSSR count). The van der Waals surface area contributed by atoms with Crippen LogP contribution in [0.4, 0.5) is 4.79 Å². The number of Topliss-reactive ketones (excluding diaryl/α,β-unsaturated/α-hetero) is 1. The van der Waals surface area contributed by atoms with Crippen molar-refractivity contribution in [2.75, 3.05) is 39.4 Å². The molecule has 0 radical (unpaired) electrons. The molecule has 0 aromatic rings. The van der Waals surface area contributed by atoms with Crippen molar-refractivity contribution in [1.82, 2.24) is 63.8 Å². The summed E-state index contributed by atoms with van der Waals surface area (Å²) in [5, 5.41) is 40.3. The Morgan fingerprint density at radius 2 is 1.19 bits per heavy atom. The highest BCUT2D eigenvalue weighted by molar-refractivity contribution is 6.01. The molecule has 13 amide bonds. The number of amides is 13. The van der Waals surface area contributed by atoms with Gasteiger partial charge in [-0.2, -0.15) is 0 Å². The van der Waals surface area contributed by atoms with E-state index in [1.54, 1.807) is 20.8 Å². The van der Waals surface area contributed by atoms with Gasteiger partial charge in [0.15, 0.2) is 5.96 Å². The lowest BCUT2D eigenvalue weighted by molar-refractivity contribution is -0.141. The van der Waals surface area contributed by atoms with Crippen LogP contribution in [0.2, 0.25) is 0 Å². The van der Waals surface area contributed by atoms with Crippen LogP contribution < -0.4 is 81.0 Å².